The quantitative estimate of drug-likeness (QED) is 0.777. The van der Waals surface area contributed by atoms with Gasteiger partial charge in [0, 0.05) is 17.8 Å². The van der Waals surface area contributed by atoms with E-state index >= 15 is 0 Å². The summed E-state index contributed by atoms with van der Waals surface area (Å²) in [5, 5.41) is 5.46. The molecule has 0 saturated heterocycles. The number of alkyl halides is 3. The molecule has 23 heavy (non-hydrogen) atoms. The number of nitrogens with one attached hydrogen (secondary N) is 1. The summed E-state index contributed by atoms with van der Waals surface area (Å²) in [6.45, 7) is 0. The molecule has 2 heterocycles. The Kier molecular flexibility index (Phi) is 4.24. The highest BCUT2D eigenvalue weighted by Crippen LogP contribution is 2.30. The molecule has 0 amide bonds. The van der Waals surface area contributed by atoms with Crippen LogP contribution >= 0.6 is 11.3 Å². The van der Waals surface area contributed by atoms with Gasteiger partial charge in [0.15, 0.2) is 0 Å². The number of rotatable bonds is 4. The lowest BCUT2D eigenvalue weighted by molar-refractivity contribution is -0.141. The van der Waals surface area contributed by atoms with E-state index in [0.29, 0.717) is 0 Å². The fraction of sp³-hybridized carbons (Fsp3) is 0.133. The summed E-state index contributed by atoms with van der Waals surface area (Å²) in [7, 11) is 0. The average Bonchev–Trinajstić information content (AvgIpc) is 3.07. The molecule has 3 aromatic rings. The third kappa shape index (κ3) is 3.65. The van der Waals surface area contributed by atoms with Gasteiger partial charge in [-0.3, -0.25) is 0 Å². The van der Waals surface area contributed by atoms with E-state index in [2.05, 4.69) is 20.3 Å². The molecule has 0 fully saturated rings. The Morgan fingerprint density at radius 3 is 2.43 bits per heavy atom. The van der Waals surface area contributed by atoms with Crippen LogP contribution in [0.3, 0.4) is 0 Å². The number of nitrogens with zero attached hydrogens (tertiary/aromatic N) is 3. The molecule has 4 nitrogen and oxygen atoms in total. The van der Waals surface area contributed by atoms with Crippen LogP contribution in [0.4, 0.5) is 19.1 Å². The van der Waals surface area contributed by atoms with Gasteiger partial charge in [0.05, 0.1) is 0 Å². The van der Waals surface area contributed by atoms with Crippen molar-refractivity contribution >= 4 is 17.3 Å². The van der Waals surface area contributed by atoms with E-state index in [1.807, 2.05) is 30.3 Å². The molecule has 1 atom stereocenters. The van der Waals surface area contributed by atoms with Crippen molar-refractivity contribution in [1.29, 1.82) is 0 Å². The summed E-state index contributed by atoms with van der Waals surface area (Å²) in [4.78, 5) is 11.7. The van der Waals surface area contributed by atoms with E-state index in [4.69, 9.17) is 0 Å². The molecule has 0 aliphatic rings. The van der Waals surface area contributed by atoms with Crippen LogP contribution in [0.5, 0.6) is 0 Å². The number of anilines is 1. The summed E-state index contributed by atoms with van der Waals surface area (Å²) in [6.07, 6.45) is -1.78. The predicted molar refractivity (Wildman–Crippen MR) is 81.1 cm³/mol. The summed E-state index contributed by atoms with van der Waals surface area (Å²) in [6, 6.07) is 9.73. The lowest BCUT2D eigenvalue weighted by Gasteiger charge is -2.17. The van der Waals surface area contributed by atoms with Gasteiger partial charge < -0.3 is 5.32 Å². The van der Waals surface area contributed by atoms with Gasteiger partial charge in [-0.15, -0.1) is 11.3 Å². The second-order valence-corrected chi connectivity index (χ2v) is 5.55. The summed E-state index contributed by atoms with van der Waals surface area (Å²) >= 11 is 1.40. The number of hydrogen-bond donors (Lipinski definition) is 1. The first-order valence-corrected chi connectivity index (χ1v) is 7.53. The Balaban J connectivity index is 1.94. The largest absolute Gasteiger partial charge is 0.433 e. The van der Waals surface area contributed by atoms with Gasteiger partial charge in [0.25, 0.3) is 0 Å². The zero-order valence-electron chi connectivity index (χ0n) is 11.7. The van der Waals surface area contributed by atoms with Crippen LogP contribution in [-0.2, 0) is 6.18 Å². The fourth-order valence-corrected chi connectivity index (χ4v) is 2.74. The maximum absolute atomic E-state index is 12.8. The molecule has 118 valence electrons. The molecule has 0 saturated carbocycles. The van der Waals surface area contributed by atoms with Crippen molar-refractivity contribution < 1.29 is 13.2 Å². The number of hydrogen-bond acceptors (Lipinski definition) is 5. The molecule has 0 bridgehead atoms. The zero-order chi connectivity index (χ0) is 16.3. The molecule has 1 N–H and O–H groups in total. The van der Waals surface area contributed by atoms with Crippen molar-refractivity contribution in [1.82, 2.24) is 15.0 Å². The summed E-state index contributed by atoms with van der Waals surface area (Å²) < 4.78 is 38.3. The topological polar surface area (TPSA) is 50.7 Å². The minimum atomic E-state index is -4.51. The van der Waals surface area contributed by atoms with E-state index < -0.39 is 17.9 Å². The van der Waals surface area contributed by atoms with E-state index in [1.54, 1.807) is 11.6 Å². The van der Waals surface area contributed by atoms with Gasteiger partial charge in [-0.1, -0.05) is 30.3 Å². The number of aromatic nitrogens is 3. The molecular formula is C15H11F3N4S. The van der Waals surface area contributed by atoms with Gasteiger partial charge in [0.2, 0.25) is 5.95 Å². The van der Waals surface area contributed by atoms with E-state index in [-0.39, 0.29) is 5.95 Å². The third-order valence-electron chi connectivity index (χ3n) is 3.05. The second kappa shape index (κ2) is 6.33. The first-order valence-electron chi connectivity index (χ1n) is 6.65. The van der Waals surface area contributed by atoms with Crippen LogP contribution in [0.1, 0.15) is 22.3 Å². The number of thiazole rings is 1. The lowest BCUT2D eigenvalue weighted by Crippen LogP contribution is -2.16. The van der Waals surface area contributed by atoms with Crippen molar-refractivity contribution in [3.63, 3.8) is 0 Å². The molecule has 1 aromatic carbocycles. The maximum Gasteiger partial charge on any atom is 0.433 e. The smallest absolute Gasteiger partial charge is 0.341 e. The van der Waals surface area contributed by atoms with Crippen LogP contribution < -0.4 is 5.32 Å². The monoisotopic (exact) mass is 336 g/mol. The SMILES string of the molecule is FC(F)(F)c1ccnc(NC(c2ccccc2)c2nccs2)n1. The van der Waals surface area contributed by atoms with Crippen LogP contribution in [0.2, 0.25) is 0 Å². The highest BCUT2D eigenvalue weighted by molar-refractivity contribution is 7.09. The molecule has 0 aliphatic carbocycles. The van der Waals surface area contributed by atoms with E-state index in [1.165, 1.54) is 11.3 Å². The average molecular weight is 336 g/mol. The molecule has 0 aliphatic heterocycles. The minimum absolute atomic E-state index is 0.0936. The van der Waals surface area contributed by atoms with Crippen molar-refractivity contribution in [2.75, 3.05) is 5.32 Å². The van der Waals surface area contributed by atoms with Gasteiger partial charge in [-0.2, -0.15) is 13.2 Å². The summed E-state index contributed by atoms with van der Waals surface area (Å²) in [5.41, 5.74) is -0.121. The Bertz CT molecular complexity index is 760. The van der Waals surface area contributed by atoms with Crippen LogP contribution in [-0.4, -0.2) is 15.0 Å². The molecular weight excluding hydrogens is 325 g/mol. The Morgan fingerprint density at radius 1 is 1.00 bits per heavy atom. The predicted octanol–water partition coefficient (Wildman–Crippen LogP) is 4.15. The maximum atomic E-state index is 12.8. The molecule has 2 aromatic heterocycles. The first kappa shape index (κ1) is 15.4. The third-order valence-corrected chi connectivity index (χ3v) is 3.89. The lowest BCUT2D eigenvalue weighted by atomic mass is 10.1. The Morgan fingerprint density at radius 2 is 1.78 bits per heavy atom. The Hall–Kier alpha value is -2.48. The van der Waals surface area contributed by atoms with Crippen molar-refractivity contribution in [3.05, 3.63) is 70.4 Å². The van der Waals surface area contributed by atoms with Crippen LogP contribution in [0.15, 0.2) is 54.2 Å². The van der Waals surface area contributed by atoms with Crippen LogP contribution in [0, 0.1) is 0 Å². The highest BCUT2D eigenvalue weighted by atomic mass is 32.1. The van der Waals surface area contributed by atoms with E-state index in [0.717, 1.165) is 22.8 Å². The van der Waals surface area contributed by atoms with Gasteiger partial charge >= 0.3 is 6.18 Å². The first-order chi connectivity index (χ1) is 11.0. The van der Waals surface area contributed by atoms with Gasteiger partial charge in [-0.05, 0) is 11.6 Å². The second-order valence-electron chi connectivity index (χ2n) is 4.62. The normalized spacial score (nSPS) is 12.8. The van der Waals surface area contributed by atoms with Gasteiger partial charge in [-0.25, -0.2) is 15.0 Å². The molecule has 8 heteroatoms. The molecule has 0 radical (unpaired) electrons. The molecule has 1 unspecified atom stereocenters. The van der Waals surface area contributed by atoms with Gasteiger partial charge in [0.1, 0.15) is 16.7 Å². The number of benzene rings is 1. The molecule has 3 rings (SSSR count). The highest BCUT2D eigenvalue weighted by Gasteiger charge is 2.33. The number of halogens is 3. The standard InChI is InChI=1S/C15H11F3N4S/c16-15(17,18)11-6-7-20-14(21-11)22-12(13-19-8-9-23-13)10-4-2-1-3-5-10/h1-9,12H,(H,20,21,22). The Labute approximate surface area is 134 Å². The minimum Gasteiger partial charge on any atom is -0.341 e. The van der Waals surface area contributed by atoms with Crippen molar-refractivity contribution in [3.8, 4) is 0 Å². The van der Waals surface area contributed by atoms with Crippen LogP contribution in [0.25, 0.3) is 0 Å². The molecule has 0 spiro atoms. The van der Waals surface area contributed by atoms with Crippen molar-refractivity contribution in [2.24, 2.45) is 0 Å². The van der Waals surface area contributed by atoms with Crippen molar-refractivity contribution in [2.45, 2.75) is 12.2 Å². The zero-order valence-corrected chi connectivity index (χ0v) is 12.5. The van der Waals surface area contributed by atoms with E-state index in [9.17, 15) is 13.2 Å². The summed E-state index contributed by atoms with van der Waals surface area (Å²) in [5.74, 6) is -0.0936. The fourth-order valence-electron chi connectivity index (χ4n) is 2.03.